The van der Waals surface area contributed by atoms with E-state index in [0.717, 1.165) is 55.1 Å². The Morgan fingerprint density at radius 3 is 1.98 bits per heavy atom. The molecule has 2 aliphatic rings. The first kappa shape index (κ1) is 30.8. The number of hydrogen-bond donors (Lipinski definition) is 2. The second-order valence-electron chi connectivity index (χ2n) is 10.5. The molecule has 218 valence electrons. The molecule has 0 unspecified atom stereocenters. The molecule has 2 aromatic carbocycles. The molecule has 2 aromatic rings. The molecule has 6 nitrogen and oxygen atoms in total. The molecule has 0 aliphatic carbocycles. The molecule has 2 fully saturated rings. The Kier molecular flexibility index (Phi) is 9.49. The average Bonchev–Trinajstić information content (AvgIpc) is 2.91. The van der Waals surface area contributed by atoms with Crippen molar-refractivity contribution >= 4 is 52.3 Å². The van der Waals surface area contributed by atoms with Gasteiger partial charge in [0, 0.05) is 54.5 Å². The predicted octanol–water partition coefficient (Wildman–Crippen LogP) is 6.30. The van der Waals surface area contributed by atoms with E-state index in [0.29, 0.717) is 29.3 Å². The number of halogens is 6. The van der Waals surface area contributed by atoms with Crippen molar-refractivity contribution in [3.8, 4) is 0 Å². The highest BCUT2D eigenvalue weighted by molar-refractivity contribution is 6.35. The van der Waals surface area contributed by atoms with Gasteiger partial charge in [0.25, 0.3) is 17.4 Å². The van der Waals surface area contributed by atoms with E-state index < -0.39 is 23.2 Å². The number of piperidine rings is 2. The molecule has 0 saturated carbocycles. The Morgan fingerprint density at radius 1 is 0.925 bits per heavy atom. The zero-order chi connectivity index (χ0) is 29.2. The lowest BCUT2D eigenvalue weighted by atomic mass is 9.82. The fraction of sp³-hybridized carbons (Fsp3) is 0.500. The zero-order valence-corrected chi connectivity index (χ0v) is 24.2. The molecule has 0 radical (unpaired) electrons. The third-order valence-corrected chi connectivity index (χ3v) is 8.72. The highest BCUT2D eigenvalue weighted by atomic mass is 35.5. The van der Waals surface area contributed by atoms with Crippen LogP contribution in [0.25, 0.3) is 0 Å². The number of alkyl halides is 3. The molecule has 0 aromatic heterocycles. The van der Waals surface area contributed by atoms with Gasteiger partial charge in [0.05, 0.1) is 10.6 Å². The van der Waals surface area contributed by atoms with Crippen LogP contribution in [-0.4, -0.2) is 61.2 Å². The second-order valence-corrected chi connectivity index (χ2v) is 11.8. The lowest BCUT2D eigenvalue weighted by Gasteiger charge is -2.40. The summed E-state index contributed by atoms with van der Waals surface area (Å²) in [6, 6.07) is 8.49. The van der Waals surface area contributed by atoms with Crippen LogP contribution in [0, 0.1) is 11.8 Å². The predicted molar refractivity (Wildman–Crippen MR) is 150 cm³/mol. The van der Waals surface area contributed by atoms with Crippen molar-refractivity contribution in [1.82, 2.24) is 10.2 Å². The molecule has 40 heavy (non-hydrogen) atoms. The van der Waals surface area contributed by atoms with Crippen molar-refractivity contribution in [2.24, 2.45) is 11.8 Å². The van der Waals surface area contributed by atoms with Crippen LogP contribution in [0.2, 0.25) is 15.1 Å². The highest BCUT2D eigenvalue weighted by Crippen LogP contribution is 2.43. The van der Waals surface area contributed by atoms with Gasteiger partial charge in [0.1, 0.15) is 0 Å². The van der Waals surface area contributed by atoms with Crippen LogP contribution >= 0.6 is 34.8 Å². The third-order valence-electron chi connectivity index (χ3n) is 7.97. The van der Waals surface area contributed by atoms with Gasteiger partial charge in [-0.05, 0) is 80.3 Å². The molecule has 12 heteroatoms. The second kappa shape index (κ2) is 12.3. The highest BCUT2D eigenvalue weighted by Gasteiger charge is 2.62. The maximum absolute atomic E-state index is 14.1. The number of nitrogens with one attached hydrogen (secondary N) is 1. The maximum atomic E-state index is 14.1. The quantitative estimate of drug-likeness (QED) is 0.398. The van der Waals surface area contributed by atoms with E-state index in [-0.39, 0.29) is 35.0 Å². The van der Waals surface area contributed by atoms with E-state index in [4.69, 9.17) is 34.8 Å². The largest absolute Gasteiger partial charge is 0.430 e. The summed E-state index contributed by atoms with van der Waals surface area (Å²) in [5.41, 5.74) is -3.04. The van der Waals surface area contributed by atoms with Crippen molar-refractivity contribution in [3.63, 3.8) is 0 Å². The van der Waals surface area contributed by atoms with Gasteiger partial charge in [-0.15, -0.1) is 0 Å². The van der Waals surface area contributed by atoms with Crippen molar-refractivity contribution in [1.29, 1.82) is 0 Å². The van der Waals surface area contributed by atoms with Crippen molar-refractivity contribution < 1.29 is 27.9 Å². The van der Waals surface area contributed by atoms with Crippen LogP contribution in [0.5, 0.6) is 0 Å². The zero-order valence-electron chi connectivity index (χ0n) is 21.9. The number of amides is 2. The molecular weight excluding hydrogens is 590 g/mol. The summed E-state index contributed by atoms with van der Waals surface area (Å²) < 4.78 is 42.2. The van der Waals surface area contributed by atoms with E-state index in [9.17, 15) is 27.9 Å². The number of anilines is 1. The third kappa shape index (κ3) is 6.48. The summed E-state index contributed by atoms with van der Waals surface area (Å²) >= 11 is 18.1. The summed E-state index contributed by atoms with van der Waals surface area (Å²) in [6.45, 7) is 1.92. The Balaban J connectivity index is 1.32. The smallest absolute Gasteiger partial charge is 0.371 e. The molecule has 2 amide bonds. The SMILES string of the molecule is CNC(=O)c1ccc(N2CCC(CC3CCN(C(=O)[C@](O)(c4cc(Cl)cc(Cl)c4)C(F)(F)F)CC3)CC2)cc1Cl. The molecule has 2 saturated heterocycles. The number of likely N-dealkylation sites (tertiary alicyclic amines) is 1. The molecule has 4 rings (SSSR count). The summed E-state index contributed by atoms with van der Waals surface area (Å²) in [7, 11) is 1.55. The first-order chi connectivity index (χ1) is 18.8. The van der Waals surface area contributed by atoms with E-state index in [1.807, 2.05) is 6.07 Å². The van der Waals surface area contributed by atoms with Gasteiger partial charge in [-0.25, -0.2) is 0 Å². The number of hydrogen-bond acceptors (Lipinski definition) is 4. The Hall–Kier alpha value is -2.20. The summed E-state index contributed by atoms with van der Waals surface area (Å²) in [4.78, 5) is 28.3. The van der Waals surface area contributed by atoms with Crippen molar-refractivity contribution in [2.75, 3.05) is 38.1 Å². The Labute approximate surface area is 246 Å². The standard InChI is InChI=1S/C28H31Cl3F3N3O3/c1-35-25(38)23-3-2-22(16-24(23)31)36-8-4-17(5-9-36)12-18-6-10-37(11-7-18)26(39)27(40,28(32,33)34)19-13-20(29)15-21(30)14-19/h2-3,13-18,40H,4-12H2,1H3,(H,35,38)/t27-/m1/s1. The van der Waals surface area contributed by atoms with Gasteiger partial charge < -0.3 is 20.2 Å². The number of aliphatic hydroxyl groups is 1. The van der Waals surface area contributed by atoms with Crippen LogP contribution in [0.15, 0.2) is 36.4 Å². The fourth-order valence-corrected chi connectivity index (χ4v) is 6.48. The topological polar surface area (TPSA) is 72.9 Å². The normalized spacial score (nSPS) is 18.9. The van der Waals surface area contributed by atoms with Crippen molar-refractivity contribution in [3.05, 3.63) is 62.6 Å². The van der Waals surface area contributed by atoms with E-state index in [1.54, 1.807) is 19.2 Å². The first-order valence-corrected chi connectivity index (χ1v) is 14.3. The monoisotopic (exact) mass is 619 g/mol. The van der Waals surface area contributed by atoms with Crippen molar-refractivity contribution in [2.45, 2.75) is 43.9 Å². The number of rotatable bonds is 6. The van der Waals surface area contributed by atoms with E-state index in [2.05, 4.69) is 10.2 Å². The molecule has 2 N–H and O–H groups in total. The molecule has 1 atom stereocenters. The van der Waals surface area contributed by atoms with Crippen LogP contribution in [0.1, 0.15) is 48.0 Å². The van der Waals surface area contributed by atoms with Gasteiger partial charge in [0.2, 0.25) is 0 Å². The minimum absolute atomic E-state index is 0.105. The molecule has 0 bridgehead atoms. The van der Waals surface area contributed by atoms with Crippen LogP contribution in [0.3, 0.4) is 0 Å². The minimum atomic E-state index is -5.25. The fourth-order valence-electron chi connectivity index (χ4n) is 5.69. The van der Waals surface area contributed by atoms with E-state index in [1.165, 1.54) is 6.07 Å². The summed E-state index contributed by atoms with van der Waals surface area (Å²) in [5.74, 6) is -0.905. The van der Waals surface area contributed by atoms with Crippen LogP contribution in [-0.2, 0) is 10.4 Å². The van der Waals surface area contributed by atoms with Crippen LogP contribution in [0.4, 0.5) is 18.9 Å². The number of carbonyl (C=O) groups excluding carboxylic acids is 2. The summed E-state index contributed by atoms with van der Waals surface area (Å²) in [5, 5.41) is 13.5. The van der Waals surface area contributed by atoms with Gasteiger partial charge in [-0.1, -0.05) is 34.8 Å². The Morgan fingerprint density at radius 2 is 1.48 bits per heavy atom. The van der Waals surface area contributed by atoms with Crippen LogP contribution < -0.4 is 10.2 Å². The maximum Gasteiger partial charge on any atom is 0.430 e. The van der Waals surface area contributed by atoms with Gasteiger partial charge >= 0.3 is 6.18 Å². The minimum Gasteiger partial charge on any atom is -0.371 e. The molecule has 2 heterocycles. The summed E-state index contributed by atoms with van der Waals surface area (Å²) in [6.07, 6.45) is -1.29. The van der Waals surface area contributed by atoms with Gasteiger partial charge in [0.15, 0.2) is 0 Å². The lowest BCUT2D eigenvalue weighted by molar-refractivity contribution is -0.262. The van der Waals surface area contributed by atoms with E-state index >= 15 is 0 Å². The first-order valence-electron chi connectivity index (χ1n) is 13.1. The molecular formula is C28H31Cl3F3N3O3. The average molecular weight is 621 g/mol. The number of carbonyl (C=O) groups is 2. The number of benzene rings is 2. The number of nitrogens with zero attached hydrogens (tertiary/aromatic N) is 2. The van der Waals surface area contributed by atoms with Gasteiger partial charge in [-0.3, -0.25) is 9.59 Å². The molecule has 2 aliphatic heterocycles. The lowest BCUT2D eigenvalue weighted by Crippen LogP contribution is -2.57. The molecule has 0 spiro atoms. The van der Waals surface area contributed by atoms with Gasteiger partial charge in [-0.2, -0.15) is 13.2 Å². The Bertz CT molecular complexity index is 1230.